The first-order chi connectivity index (χ1) is 67.1. The lowest BCUT2D eigenvalue weighted by Gasteiger charge is -2.31. The number of morpholine rings is 1. The first kappa shape index (κ1) is 108. The highest BCUT2D eigenvalue weighted by atomic mass is 35.5. The minimum Gasteiger partial charge on any atom is -0.497 e. The molecule has 0 spiro atoms. The van der Waals surface area contributed by atoms with Gasteiger partial charge in [-0.05, 0) is 256 Å². The fraction of sp³-hybridized carbons (Fsp3) is 0.333. The lowest BCUT2D eigenvalue weighted by atomic mass is 10.0. The van der Waals surface area contributed by atoms with E-state index in [0.717, 1.165) is 148 Å². The second-order valence-electron chi connectivity index (χ2n) is 33.7. The summed E-state index contributed by atoms with van der Waals surface area (Å²) in [5, 5.41) is 3.11. The van der Waals surface area contributed by atoms with Crippen molar-refractivity contribution in [3.63, 3.8) is 0 Å². The largest absolute Gasteiger partial charge is 0.497 e. The molecule has 0 saturated carbocycles. The van der Waals surface area contributed by atoms with Gasteiger partial charge in [-0.15, -0.1) is 23.5 Å². The van der Waals surface area contributed by atoms with Crippen molar-refractivity contribution < 1.29 is 75.1 Å². The van der Waals surface area contributed by atoms with Gasteiger partial charge in [-0.25, -0.2) is 8.78 Å². The highest BCUT2D eigenvalue weighted by molar-refractivity contribution is 7.99. The number of carbonyl (C=O) groups is 6. The van der Waals surface area contributed by atoms with Crippen LogP contribution in [0.4, 0.5) is 14.5 Å². The average molecular weight is 1970 g/mol. The van der Waals surface area contributed by atoms with Crippen molar-refractivity contribution in [2.75, 3.05) is 121 Å². The summed E-state index contributed by atoms with van der Waals surface area (Å²) in [6.07, 6.45) is 11.8. The summed E-state index contributed by atoms with van der Waals surface area (Å²) in [6, 6.07) is 71.4. The molecule has 0 unspecified atom stereocenters. The van der Waals surface area contributed by atoms with Crippen LogP contribution in [0.15, 0.2) is 263 Å². The van der Waals surface area contributed by atoms with Crippen molar-refractivity contribution in [2.45, 2.75) is 140 Å². The van der Waals surface area contributed by atoms with E-state index in [4.69, 9.17) is 60.8 Å². The normalized spacial score (nSPS) is 11.4. The number of hydrogen-bond acceptors (Lipinski definition) is 17. The molecule has 736 valence electrons. The molecule has 28 heteroatoms. The summed E-state index contributed by atoms with van der Waals surface area (Å²) < 4.78 is 73.3. The molecule has 13 aromatic rings. The van der Waals surface area contributed by atoms with Crippen molar-refractivity contribution in [3.05, 3.63) is 315 Å². The Balaban J connectivity index is 0.000000179. The molecule has 4 heterocycles. The summed E-state index contributed by atoms with van der Waals surface area (Å²) in [5.41, 5.74) is 12.1. The number of ether oxygens (including phenoxy) is 7. The van der Waals surface area contributed by atoms with E-state index in [1.165, 1.54) is 50.9 Å². The summed E-state index contributed by atoms with van der Waals surface area (Å²) in [5.74, 6) is 7.27. The van der Waals surface area contributed by atoms with Crippen LogP contribution >= 0.6 is 46.7 Å². The minimum absolute atomic E-state index is 0.0182. The van der Waals surface area contributed by atoms with Gasteiger partial charge in [0.2, 0.25) is 29.5 Å². The number of anilines is 1. The number of amides is 5. The van der Waals surface area contributed by atoms with Gasteiger partial charge in [-0.2, -0.15) is 0 Å². The number of rotatable bonds is 41. The van der Waals surface area contributed by atoms with Crippen LogP contribution < -0.4 is 33.3 Å². The topological polar surface area (TPSA) is 209 Å². The van der Waals surface area contributed by atoms with Crippen LogP contribution in [0.5, 0.6) is 34.5 Å². The fourth-order valence-electron chi connectivity index (χ4n) is 15.7. The number of halogens is 4. The molecule has 1 aliphatic heterocycles. The monoisotopic (exact) mass is 1970 g/mol. The molecule has 139 heavy (non-hydrogen) atoms. The van der Waals surface area contributed by atoms with Crippen molar-refractivity contribution in [1.29, 1.82) is 0 Å². The predicted molar refractivity (Wildman–Crippen MR) is 554 cm³/mol. The minimum atomic E-state index is -0.245. The Kier molecular flexibility index (Phi) is 43.9. The van der Waals surface area contributed by atoms with Gasteiger partial charge in [0.25, 0.3) is 0 Å². The van der Waals surface area contributed by atoms with Gasteiger partial charge in [-0.1, -0.05) is 82.9 Å². The van der Waals surface area contributed by atoms with Gasteiger partial charge in [0.1, 0.15) is 51.9 Å². The lowest BCUT2D eigenvalue weighted by Crippen LogP contribution is -2.37. The number of thioether (sulfide) groups is 2. The van der Waals surface area contributed by atoms with E-state index in [9.17, 15) is 37.5 Å². The molecule has 10 aromatic carbocycles. The van der Waals surface area contributed by atoms with Crippen molar-refractivity contribution in [1.82, 2.24) is 33.6 Å². The Morgan fingerprint density at radius 2 is 0.813 bits per heavy atom. The van der Waals surface area contributed by atoms with Crippen LogP contribution in [0.2, 0.25) is 10.0 Å². The smallest absolute Gasteiger partial charge is 0.222 e. The fourth-order valence-corrected chi connectivity index (χ4v) is 17.8. The van der Waals surface area contributed by atoms with Gasteiger partial charge in [0.05, 0.1) is 67.7 Å². The number of carbonyl (C=O) groups excluding carboxylic acids is 6. The van der Waals surface area contributed by atoms with E-state index < -0.39 is 0 Å². The Bertz CT molecular complexity index is 6100. The number of fused-ring (bicyclic) bond motifs is 2. The van der Waals surface area contributed by atoms with Crippen LogP contribution in [-0.2, 0) is 74.5 Å². The van der Waals surface area contributed by atoms with Crippen LogP contribution in [0, 0.1) is 25.5 Å². The lowest BCUT2D eigenvalue weighted by molar-refractivity contribution is -0.131. The maximum Gasteiger partial charge on any atom is 0.222 e. The third-order valence-electron chi connectivity index (χ3n) is 23.5. The van der Waals surface area contributed by atoms with E-state index >= 15 is 0 Å². The maximum absolute atomic E-state index is 13.5. The van der Waals surface area contributed by atoms with Gasteiger partial charge in [-0.3, -0.25) is 28.8 Å². The number of nitrogens with zero attached hydrogens (tertiary/aromatic N) is 8. The third kappa shape index (κ3) is 34.4. The van der Waals surface area contributed by atoms with E-state index in [1.54, 1.807) is 167 Å². The van der Waals surface area contributed by atoms with Gasteiger partial charge < -0.3 is 76.1 Å². The summed E-state index contributed by atoms with van der Waals surface area (Å²) >= 11 is 15.6. The molecule has 0 atom stereocenters. The van der Waals surface area contributed by atoms with E-state index in [0.29, 0.717) is 118 Å². The Hall–Kier alpha value is -12.7. The molecule has 1 aliphatic rings. The SMILES string of the molecule is CN(Cc1ccccc1-c1ccco1)C(=O)CCCn1ccc2cc(F)ccc21.COc1ccc(C(=O)CCCC(=O)N(C)Cc2cc(Cl)ccc2OC)cc1.COc1ccc(C)cc1CN(C)C(=O)CCCn1ccc2ccc(F)cc21.COc1ccc(SCCCC(=O)N(C)Cc2cc(C)ccc2N2CCOCC2)cc1.COc1ccc(SCCCC(=O)N(C)Cc2cc(Cl)ccc2OC)cc1. The number of Topliss-reactive ketones (excluding diaryl/α,β-unsaturated/α-hetero) is 1. The second-order valence-corrected chi connectivity index (χ2v) is 36.9. The highest BCUT2D eigenvalue weighted by Crippen LogP contribution is 2.33. The van der Waals surface area contributed by atoms with Crippen molar-refractivity contribution in [3.8, 4) is 45.8 Å². The second kappa shape index (κ2) is 56.4. The van der Waals surface area contributed by atoms with Crippen LogP contribution in [0.3, 0.4) is 0 Å². The number of methoxy groups -OCH3 is 6. The number of hydrogen-bond donors (Lipinski definition) is 0. The van der Waals surface area contributed by atoms with Gasteiger partial charge in [0.15, 0.2) is 5.78 Å². The molecule has 22 nitrogen and oxygen atoms in total. The zero-order valence-electron chi connectivity index (χ0n) is 81.8. The number of furan rings is 1. The predicted octanol–water partition coefficient (Wildman–Crippen LogP) is 23.6. The van der Waals surface area contributed by atoms with Gasteiger partial charge in [0, 0.05) is 209 Å². The molecule has 1 saturated heterocycles. The summed E-state index contributed by atoms with van der Waals surface area (Å²) in [6.45, 7) is 11.4. The number of aromatic nitrogens is 2. The highest BCUT2D eigenvalue weighted by Gasteiger charge is 2.22. The number of aryl methyl sites for hydroxylation is 4. The quantitative estimate of drug-likeness (QED) is 0.0198. The van der Waals surface area contributed by atoms with E-state index in [-0.39, 0.29) is 47.0 Å². The summed E-state index contributed by atoms with van der Waals surface area (Å²) in [7, 11) is 18.8. The standard InChI is InChI=1S/C24H23FN2O2.C24H32N2O3S.C22H25FN2O2.C21H24ClNO4.C20H24ClNO3S/c1-26(17-19-6-2-3-7-21(19)23-8-5-15-29-23)24(28)9-4-13-27-14-12-18-16-20(25)10-11-22(18)27;1-19-6-11-23(26-12-14-29-15-13-26)20(17-19)18-25(2)24(27)5-4-16-30-22-9-7-21(28-3)8-10-22;1-16-6-9-21(27-3)18(13-16)15-24(2)22(26)5-4-11-25-12-10-17-7-8-19(23)14-20(17)25;1-23(14-16-13-17(22)9-12-20(16)27-3)21(25)6-4-5-19(24)15-7-10-18(26-2)11-8-15;1-22(14-15-13-16(21)6-11-19(15)25-3)20(23)5-4-12-26-18-9-7-17(24-2)8-10-18/h2-3,5-8,10-12,14-16H,4,9,13,17H2,1H3;6-11,17H,4-5,12-16,18H2,1-3H3;6-10,12-14H,4-5,11,15H2,1-3H3;7-13H,4-6,14H2,1-3H3;6-11,13H,4-5,12,14H2,1-3H3. The Morgan fingerprint density at radius 1 is 0.388 bits per heavy atom. The maximum atomic E-state index is 13.5. The first-order valence-electron chi connectivity index (χ1n) is 46.4. The van der Waals surface area contributed by atoms with Crippen LogP contribution in [0.25, 0.3) is 33.1 Å². The zero-order valence-corrected chi connectivity index (χ0v) is 84.9. The average Bonchev–Trinajstić information content (AvgIpc) is 1.79. The Morgan fingerprint density at radius 3 is 1.31 bits per heavy atom. The van der Waals surface area contributed by atoms with Crippen molar-refractivity contribution in [2.24, 2.45) is 0 Å². The van der Waals surface area contributed by atoms with E-state index in [2.05, 4.69) is 46.7 Å². The molecule has 0 aliphatic carbocycles. The van der Waals surface area contributed by atoms with Crippen molar-refractivity contribution >= 4 is 110 Å². The molecular formula is C111H128Cl2F2N8O14S2. The van der Waals surface area contributed by atoms with E-state index in [1.807, 2.05) is 165 Å². The number of ketones is 1. The van der Waals surface area contributed by atoms with Gasteiger partial charge >= 0.3 is 0 Å². The first-order valence-corrected chi connectivity index (χ1v) is 49.1. The van der Waals surface area contributed by atoms with Crippen LogP contribution in [0.1, 0.15) is 120 Å². The molecule has 1 fully saturated rings. The molecule has 0 N–H and O–H groups in total. The molecule has 0 radical (unpaired) electrons. The molecule has 3 aromatic heterocycles. The third-order valence-corrected chi connectivity index (χ3v) is 26.1. The Labute approximate surface area is 834 Å². The molecule has 0 bridgehead atoms. The molecule has 5 amide bonds. The zero-order chi connectivity index (χ0) is 99.7. The molecule has 14 rings (SSSR count). The molecular weight excluding hydrogens is 1840 g/mol. The summed E-state index contributed by atoms with van der Waals surface area (Å²) in [4.78, 5) is 88.1. The number of benzene rings is 10. The van der Waals surface area contributed by atoms with Crippen LogP contribution in [-0.4, -0.2) is 185 Å².